The summed E-state index contributed by atoms with van der Waals surface area (Å²) in [5.74, 6) is -1.56. The number of carbonyl (C=O) groups is 2. The van der Waals surface area contributed by atoms with Gasteiger partial charge < -0.3 is 36.2 Å². The van der Waals surface area contributed by atoms with E-state index in [1.165, 1.54) is 18.2 Å². The van der Waals surface area contributed by atoms with Gasteiger partial charge in [-0.3, -0.25) is 10.5 Å². The van der Waals surface area contributed by atoms with E-state index in [1.54, 1.807) is 0 Å². The molecule has 134 valence electrons. The molecule has 1 rings (SSSR count). The minimum Gasteiger partial charge on any atom is -0.440 e. The van der Waals surface area contributed by atoms with Crippen LogP contribution in [0.5, 0.6) is 0 Å². The van der Waals surface area contributed by atoms with Crippen molar-refractivity contribution in [3.63, 3.8) is 0 Å². The van der Waals surface area contributed by atoms with E-state index in [2.05, 4.69) is 5.32 Å². The first-order chi connectivity index (χ1) is 11.3. The summed E-state index contributed by atoms with van der Waals surface area (Å²) in [4.78, 5) is 23.9. The summed E-state index contributed by atoms with van der Waals surface area (Å²) >= 11 is 0. The van der Waals surface area contributed by atoms with Gasteiger partial charge in [0.25, 0.3) is 5.91 Å². The molecule has 0 bridgehead atoms. The fourth-order valence-corrected chi connectivity index (χ4v) is 1.65. The molecule has 10 nitrogen and oxygen atoms in total. The minimum absolute atomic E-state index is 0.0309. The summed E-state index contributed by atoms with van der Waals surface area (Å²) < 4.78 is 4.76. The largest absolute Gasteiger partial charge is 0.440 e. The number of anilines is 1. The first-order valence-corrected chi connectivity index (χ1v) is 7.01. The van der Waals surface area contributed by atoms with Crippen LogP contribution < -0.4 is 16.8 Å². The highest BCUT2D eigenvalue weighted by molar-refractivity contribution is 5.99. The van der Waals surface area contributed by atoms with Crippen LogP contribution in [0.2, 0.25) is 0 Å². The lowest BCUT2D eigenvalue weighted by atomic mass is 10.1. The number of benzene rings is 1. The molecule has 24 heavy (non-hydrogen) atoms. The van der Waals surface area contributed by atoms with Crippen LogP contribution >= 0.6 is 0 Å². The first-order valence-electron chi connectivity index (χ1n) is 7.01. The van der Waals surface area contributed by atoms with Crippen molar-refractivity contribution in [1.82, 2.24) is 5.32 Å². The molecule has 0 aliphatic rings. The van der Waals surface area contributed by atoms with Crippen molar-refractivity contribution in [3.05, 3.63) is 29.3 Å². The summed E-state index contributed by atoms with van der Waals surface area (Å²) in [7, 11) is 0. The number of nitrogen functional groups attached to an aromatic ring is 1. The molecule has 0 fully saturated rings. The number of nitrogens with two attached hydrogens (primary N) is 2. The average Bonchev–Trinajstić information content (AvgIpc) is 2.57. The van der Waals surface area contributed by atoms with E-state index >= 15 is 0 Å². The van der Waals surface area contributed by atoms with Crippen LogP contribution in [0, 0.1) is 0 Å². The van der Waals surface area contributed by atoms with Crippen LogP contribution in [0.4, 0.5) is 5.69 Å². The molecule has 0 aliphatic carbocycles. The smallest absolute Gasteiger partial charge is 0.339 e. The zero-order chi connectivity index (χ0) is 18.3. The van der Waals surface area contributed by atoms with Gasteiger partial charge in [-0.25, -0.2) is 4.79 Å². The Morgan fingerprint density at radius 2 is 1.75 bits per heavy atom. The van der Waals surface area contributed by atoms with Gasteiger partial charge in [-0.1, -0.05) is 0 Å². The minimum atomic E-state index is -1.45. The topological polar surface area (TPSA) is 188 Å². The Morgan fingerprint density at radius 1 is 1.12 bits per heavy atom. The first kappa shape index (κ1) is 19.8. The number of hydrogen-bond donors (Lipinski definition) is 7. The van der Waals surface area contributed by atoms with Crippen LogP contribution in [0.25, 0.3) is 0 Å². The van der Waals surface area contributed by atoms with Crippen LogP contribution in [0.3, 0.4) is 0 Å². The second-order valence-corrected chi connectivity index (χ2v) is 5.01. The lowest BCUT2D eigenvalue weighted by Crippen LogP contribution is -2.41. The standard InChI is InChI=1S/C14H21N3O7/c15-9-2-7(13(22)17-4-10(20)5-18)1-8(3-9)14(23)24-12(16)11(21)6-19/h1-3,10-12,18-21H,4-6,15-16H2,(H,17,22). The molecule has 0 saturated heterocycles. The molecular weight excluding hydrogens is 322 g/mol. The number of rotatable bonds is 8. The lowest BCUT2D eigenvalue weighted by molar-refractivity contribution is -0.0342. The number of esters is 1. The maximum atomic E-state index is 12.0. The van der Waals surface area contributed by atoms with E-state index in [0.29, 0.717) is 0 Å². The van der Waals surface area contributed by atoms with E-state index in [4.69, 9.17) is 26.4 Å². The van der Waals surface area contributed by atoms with Crippen molar-refractivity contribution >= 4 is 17.6 Å². The highest BCUT2D eigenvalue weighted by Gasteiger charge is 2.20. The van der Waals surface area contributed by atoms with Gasteiger partial charge in [-0.05, 0) is 18.2 Å². The number of amides is 1. The maximum absolute atomic E-state index is 12.0. The van der Waals surface area contributed by atoms with Crippen molar-refractivity contribution in [3.8, 4) is 0 Å². The Bertz CT molecular complexity index is 581. The Morgan fingerprint density at radius 3 is 2.33 bits per heavy atom. The Labute approximate surface area is 137 Å². The normalized spacial score (nSPS) is 14.5. The fraction of sp³-hybridized carbons (Fsp3) is 0.429. The maximum Gasteiger partial charge on any atom is 0.339 e. The Hall–Kier alpha value is -2.24. The molecule has 1 aromatic rings. The van der Waals surface area contributed by atoms with Gasteiger partial charge in [-0.15, -0.1) is 0 Å². The fourth-order valence-electron chi connectivity index (χ4n) is 1.65. The number of carbonyl (C=O) groups excluding carboxylic acids is 2. The molecule has 3 atom stereocenters. The summed E-state index contributed by atoms with van der Waals surface area (Å²) in [6.45, 7) is -1.39. The molecule has 0 heterocycles. The average molecular weight is 343 g/mol. The van der Waals surface area contributed by atoms with Crippen LogP contribution in [-0.2, 0) is 4.74 Å². The monoisotopic (exact) mass is 343 g/mol. The summed E-state index contributed by atoms with van der Waals surface area (Å²) in [5, 5.41) is 38.3. The van der Waals surface area contributed by atoms with E-state index in [0.717, 1.165) is 0 Å². The van der Waals surface area contributed by atoms with E-state index in [9.17, 15) is 19.8 Å². The third-order valence-corrected chi connectivity index (χ3v) is 2.97. The molecule has 0 aliphatic heterocycles. The third-order valence-electron chi connectivity index (χ3n) is 2.97. The highest BCUT2D eigenvalue weighted by atomic mass is 16.6. The molecule has 9 N–H and O–H groups in total. The zero-order valence-electron chi connectivity index (χ0n) is 12.8. The number of aliphatic hydroxyl groups excluding tert-OH is 4. The van der Waals surface area contributed by atoms with Crippen LogP contribution in [0.1, 0.15) is 20.7 Å². The summed E-state index contributed by atoms with van der Waals surface area (Å²) in [6, 6.07) is 3.75. The quantitative estimate of drug-likeness (QED) is 0.148. The molecule has 0 aromatic heterocycles. The molecule has 3 unspecified atom stereocenters. The van der Waals surface area contributed by atoms with Gasteiger partial charge in [0.2, 0.25) is 0 Å². The van der Waals surface area contributed by atoms with Gasteiger partial charge in [0.05, 0.1) is 24.9 Å². The van der Waals surface area contributed by atoms with Crippen molar-refractivity contribution in [2.45, 2.75) is 18.4 Å². The molecule has 10 heteroatoms. The Balaban J connectivity index is 2.85. The van der Waals surface area contributed by atoms with E-state index in [-0.39, 0.29) is 23.4 Å². The van der Waals surface area contributed by atoms with Gasteiger partial charge in [0.15, 0.2) is 6.23 Å². The molecule has 1 aromatic carbocycles. The van der Waals surface area contributed by atoms with Crippen LogP contribution in [-0.4, -0.2) is 70.5 Å². The third kappa shape index (κ3) is 5.76. The van der Waals surface area contributed by atoms with Crippen molar-refractivity contribution < 1.29 is 34.8 Å². The second kappa shape index (κ2) is 9.15. The summed E-state index contributed by atoms with van der Waals surface area (Å²) in [6.07, 6.45) is -4.00. The van der Waals surface area contributed by atoms with Crippen molar-refractivity contribution in [2.75, 3.05) is 25.5 Å². The summed E-state index contributed by atoms with van der Waals surface area (Å²) in [5.41, 5.74) is 11.1. The second-order valence-electron chi connectivity index (χ2n) is 5.01. The lowest BCUT2D eigenvalue weighted by Gasteiger charge is -2.17. The van der Waals surface area contributed by atoms with Crippen molar-refractivity contribution in [2.24, 2.45) is 5.73 Å². The van der Waals surface area contributed by atoms with E-state index in [1.807, 2.05) is 0 Å². The number of hydrogen-bond acceptors (Lipinski definition) is 9. The molecule has 0 saturated carbocycles. The van der Waals surface area contributed by atoms with Gasteiger partial charge >= 0.3 is 5.97 Å². The molecular formula is C14H21N3O7. The number of nitrogens with one attached hydrogen (secondary N) is 1. The predicted octanol–water partition coefficient (Wildman–Crippen LogP) is -2.85. The highest BCUT2D eigenvalue weighted by Crippen LogP contribution is 2.14. The molecule has 1 amide bonds. The van der Waals surface area contributed by atoms with Gasteiger partial charge in [-0.2, -0.15) is 0 Å². The molecule has 0 spiro atoms. The number of ether oxygens (including phenoxy) is 1. The van der Waals surface area contributed by atoms with Crippen molar-refractivity contribution in [1.29, 1.82) is 0 Å². The predicted molar refractivity (Wildman–Crippen MR) is 82.8 cm³/mol. The van der Waals surface area contributed by atoms with Gasteiger partial charge in [0.1, 0.15) is 6.10 Å². The molecule has 0 radical (unpaired) electrons. The van der Waals surface area contributed by atoms with Gasteiger partial charge in [0, 0.05) is 17.8 Å². The van der Waals surface area contributed by atoms with Crippen LogP contribution in [0.15, 0.2) is 18.2 Å². The number of aliphatic hydroxyl groups is 4. The SMILES string of the molecule is Nc1cc(C(=O)NCC(O)CO)cc(C(=O)OC(N)C(O)CO)c1. The Kier molecular flexibility index (Phi) is 7.55. The van der Waals surface area contributed by atoms with E-state index < -0.39 is 43.5 Å². The zero-order valence-corrected chi connectivity index (χ0v) is 12.8.